The molecule has 1 aromatic carbocycles. The molecule has 6 nitrogen and oxygen atoms in total. The van der Waals surface area contributed by atoms with Crippen LogP contribution in [0.2, 0.25) is 0 Å². The summed E-state index contributed by atoms with van der Waals surface area (Å²) in [7, 11) is 0. The van der Waals surface area contributed by atoms with Crippen molar-refractivity contribution >= 4 is 5.91 Å². The number of aliphatic hydroxyl groups is 1. The quantitative estimate of drug-likeness (QED) is 0.810. The lowest BCUT2D eigenvalue weighted by molar-refractivity contribution is -0.137. The van der Waals surface area contributed by atoms with E-state index in [2.05, 4.69) is 28.9 Å². The largest absolute Gasteiger partial charge is 0.454 e. The zero-order valence-electron chi connectivity index (χ0n) is 16.9. The van der Waals surface area contributed by atoms with Gasteiger partial charge in [0.2, 0.25) is 12.7 Å². The van der Waals surface area contributed by atoms with E-state index in [1.54, 1.807) is 0 Å². The highest BCUT2D eigenvalue weighted by Gasteiger charge is 2.35. The lowest BCUT2D eigenvalue weighted by atomic mass is 9.76. The Bertz CT molecular complexity index is 702. The van der Waals surface area contributed by atoms with E-state index in [1.807, 2.05) is 6.07 Å². The second-order valence-corrected chi connectivity index (χ2v) is 8.96. The lowest BCUT2D eigenvalue weighted by Gasteiger charge is -2.41. The van der Waals surface area contributed by atoms with Crippen LogP contribution in [0.4, 0.5) is 0 Å². The number of carbonyl (C=O) groups excluding carboxylic acids is 1. The third kappa shape index (κ3) is 4.44. The smallest absolute Gasteiger partial charge is 0.231 e. The first kappa shape index (κ1) is 19.5. The number of piperidine rings is 2. The van der Waals surface area contributed by atoms with Crippen molar-refractivity contribution in [2.24, 2.45) is 11.3 Å². The number of amides is 1. The number of likely N-dealkylation sites (tertiary alicyclic amines) is 2. The van der Waals surface area contributed by atoms with E-state index < -0.39 is 0 Å². The number of benzene rings is 1. The molecule has 3 heterocycles. The maximum absolute atomic E-state index is 12.5. The van der Waals surface area contributed by atoms with Crippen molar-refractivity contribution in [1.29, 1.82) is 0 Å². The molecule has 1 amide bonds. The topological polar surface area (TPSA) is 62.2 Å². The van der Waals surface area contributed by atoms with E-state index in [0.29, 0.717) is 25.7 Å². The molecule has 154 valence electrons. The normalized spacial score (nSPS) is 26.1. The Balaban J connectivity index is 1.32. The van der Waals surface area contributed by atoms with Crippen molar-refractivity contribution in [1.82, 2.24) is 9.80 Å². The first-order valence-corrected chi connectivity index (χ1v) is 10.5. The molecule has 2 saturated heterocycles. The van der Waals surface area contributed by atoms with Crippen LogP contribution in [0.25, 0.3) is 0 Å². The van der Waals surface area contributed by atoms with Crippen LogP contribution in [0.1, 0.15) is 38.2 Å². The monoisotopic (exact) mass is 388 g/mol. The molecule has 0 aliphatic carbocycles. The van der Waals surface area contributed by atoms with Gasteiger partial charge in [0.25, 0.3) is 0 Å². The van der Waals surface area contributed by atoms with Gasteiger partial charge in [-0.05, 0) is 67.8 Å². The van der Waals surface area contributed by atoms with E-state index in [-0.39, 0.29) is 11.3 Å². The van der Waals surface area contributed by atoms with Gasteiger partial charge >= 0.3 is 0 Å². The Morgan fingerprint density at radius 2 is 1.96 bits per heavy atom. The molecule has 0 unspecified atom stereocenters. The summed E-state index contributed by atoms with van der Waals surface area (Å²) >= 11 is 0. The van der Waals surface area contributed by atoms with E-state index >= 15 is 0 Å². The first-order chi connectivity index (χ1) is 13.5. The molecule has 28 heavy (non-hydrogen) atoms. The van der Waals surface area contributed by atoms with Gasteiger partial charge in [-0.3, -0.25) is 4.79 Å². The second kappa shape index (κ2) is 8.29. The van der Waals surface area contributed by atoms with Crippen molar-refractivity contribution < 1.29 is 19.4 Å². The zero-order valence-corrected chi connectivity index (χ0v) is 16.9. The molecule has 1 N–H and O–H groups in total. The Kier molecular flexibility index (Phi) is 5.78. The molecular formula is C22H32N2O4. The van der Waals surface area contributed by atoms with Gasteiger partial charge in [-0.1, -0.05) is 13.0 Å². The molecule has 3 aliphatic rings. The Morgan fingerprint density at radius 1 is 1.18 bits per heavy atom. The summed E-state index contributed by atoms with van der Waals surface area (Å²) in [6, 6.07) is 6.19. The third-order valence-corrected chi connectivity index (χ3v) is 6.59. The molecule has 0 spiro atoms. The number of nitrogens with zero attached hydrogens (tertiary/aromatic N) is 2. The summed E-state index contributed by atoms with van der Waals surface area (Å²) in [5.41, 5.74) is 1.33. The summed E-state index contributed by atoms with van der Waals surface area (Å²) < 4.78 is 10.9. The highest BCUT2D eigenvalue weighted by Crippen LogP contribution is 2.37. The minimum absolute atomic E-state index is 0.0888. The number of aliphatic hydroxyl groups excluding tert-OH is 1. The van der Waals surface area contributed by atoms with Gasteiger partial charge in [0, 0.05) is 32.7 Å². The van der Waals surface area contributed by atoms with Crippen LogP contribution in [0, 0.1) is 11.3 Å². The van der Waals surface area contributed by atoms with Gasteiger partial charge in [-0.2, -0.15) is 0 Å². The van der Waals surface area contributed by atoms with E-state index in [1.165, 1.54) is 5.56 Å². The van der Waals surface area contributed by atoms with Crippen molar-refractivity contribution in [3.63, 3.8) is 0 Å². The van der Waals surface area contributed by atoms with Gasteiger partial charge in [-0.15, -0.1) is 0 Å². The molecule has 4 rings (SSSR count). The predicted molar refractivity (Wildman–Crippen MR) is 106 cm³/mol. The van der Waals surface area contributed by atoms with Crippen LogP contribution in [0.15, 0.2) is 18.2 Å². The summed E-state index contributed by atoms with van der Waals surface area (Å²) in [5, 5.41) is 9.29. The zero-order chi connectivity index (χ0) is 19.6. The predicted octanol–water partition coefficient (Wildman–Crippen LogP) is 2.29. The van der Waals surface area contributed by atoms with Crippen LogP contribution in [0.5, 0.6) is 11.5 Å². The molecule has 0 aromatic heterocycles. The molecular weight excluding hydrogens is 356 g/mol. The molecule has 0 radical (unpaired) electrons. The van der Waals surface area contributed by atoms with E-state index in [4.69, 9.17) is 9.47 Å². The van der Waals surface area contributed by atoms with Gasteiger partial charge in [0.1, 0.15) is 0 Å². The molecule has 6 heteroatoms. The van der Waals surface area contributed by atoms with Crippen LogP contribution < -0.4 is 9.47 Å². The summed E-state index contributed by atoms with van der Waals surface area (Å²) in [4.78, 5) is 17.0. The number of rotatable bonds is 6. The van der Waals surface area contributed by atoms with Crippen LogP contribution in [-0.2, 0) is 11.2 Å². The maximum atomic E-state index is 12.5. The first-order valence-electron chi connectivity index (χ1n) is 10.5. The molecule has 1 atom stereocenters. The molecule has 3 aliphatic heterocycles. The van der Waals surface area contributed by atoms with Crippen LogP contribution >= 0.6 is 0 Å². The number of hydrogen-bond donors (Lipinski definition) is 1. The summed E-state index contributed by atoms with van der Waals surface area (Å²) in [6.45, 7) is 7.51. The summed E-state index contributed by atoms with van der Waals surface area (Å²) in [5.74, 6) is 2.39. The third-order valence-electron chi connectivity index (χ3n) is 6.59. The number of fused-ring (bicyclic) bond motifs is 1. The van der Waals surface area contributed by atoms with Crippen LogP contribution in [-0.4, -0.2) is 66.9 Å². The van der Waals surface area contributed by atoms with Crippen molar-refractivity contribution in [2.45, 2.75) is 39.0 Å². The number of carbonyl (C=O) groups is 1. The number of ether oxygens (including phenoxy) is 2. The highest BCUT2D eigenvalue weighted by atomic mass is 16.7. The average Bonchev–Trinajstić information content (AvgIpc) is 3.17. The molecule has 2 fully saturated rings. The Labute approximate surface area is 167 Å². The SMILES string of the molecule is C[C@@]1(Cc2ccc3c(c2)OCO3)CCC(=O)N(CCN2CCC(CO)CC2)C1. The van der Waals surface area contributed by atoms with Gasteiger partial charge in [-0.25, -0.2) is 0 Å². The Morgan fingerprint density at radius 3 is 2.75 bits per heavy atom. The average molecular weight is 389 g/mol. The van der Waals surface area contributed by atoms with Crippen molar-refractivity contribution in [3.8, 4) is 11.5 Å². The lowest BCUT2D eigenvalue weighted by Crippen LogP contribution is -2.49. The summed E-state index contributed by atoms with van der Waals surface area (Å²) in [6.07, 6.45) is 4.63. The minimum atomic E-state index is 0.0888. The van der Waals surface area contributed by atoms with Gasteiger partial charge < -0.3 is 24.4 Å². The fraction of sp³-hybridized carbons (Fsp3) is 0.682. The Hall–Kier alpha value is -1.79. The maximum Gasteiger partial charge on any atom is 0.231 e. The molecule has 0 saturated carbocycles. The van der Waals surface area contributed by atoms with Gasteiger partial charge in [0.05, 0.1) is 0 Å². The fourth-order valence-corrected chi connectivity index (χ4v) is 4.74. The number of hydrogen-bond acceptors (Lipinski definition) is 5. The second-order valence-electron chi connectivity index (χ2n) is 8.96. The van der Waals surface area contributed by atoms with Crippen molar-refractivity contribution in [2.75, 3.05) is 46.1 Å². The van der Waals surface area contributed by atoms with E-state index in [0.717, 1.165) is 69.9 Å². The minimum Gasteiger partial charge on any atom is -0.454 e. The van der Waals surface area contributed by atoms with Crippen LogP contribution in [0.3, 0.4) is 0 Å². The molecule has 0 bridgehead atoms. The standard InChI is InChI=1S/C22H32N2O4/c1-22(13-18-2-3-19-20(12-18)28-16-27-19)7-4-21(26)24(15-22)11-10-23-8-5-17(14-25)6-9-23/h2-3,12,17,25H,4-11,13-16H2,1H3/t22-/m0/s1. The fourth-order valence-electron chi connectivity index (χ4n) is 4.74. The molecule has 1 aromatic rings. The van der Waals surface area contributed by atoms with E-state index in [9.17, 15) is 9.90 Å². The van der Waals surface area contributed by atoms with Gasteiger partial charge in [0.15, 0.2) is 11.5 Å². The highest BCUT2D eigenvalue weighted by molar-refractivity contribution is 5.77. The van der Waals surface area contributed by atoms with Crippen molar-refractivity contribution in [3.05, 3.63) is 23.8 Å².